The molecule has 0 aliphatic heterocycles. The summed E-state index contributed by atoms with van der Waals surface area (Å²) in [7, 11) is 0. The van der Waals surface area contributed by atoms with Crippen LogP contribution in [0.3, 0.4) is 0 Å². The van der Waals surface area contributed by atoms with Crippen molar-refractivity contribution in [3.05, 3.63) is 68.4 Å². The van der Waals surface area contributed by atoms with Gasteiger partial charge in [0.2, 0.25) is 0 Å². The maximum atomic E-state index is 13.1. The van der Waals surface area contributed by atoms with Crippen LogP contribution < -0.4 is 21.6 Å². The van der Waals surface area contributed by atoms with E-state index in [0.29, 0.717) is 27.8 Å². The number of hydrazine groups is 1. The summed E-state index contributed by atoms with van der Waals surface area (Å²) in [5.74, 6) is -0.322. The number of carbonyl (C=O) groups excluding carboxylic acids is 1. The lowest BCUT2D eigenvalue weighted by Gasteiger charge is -2.07. The number of aromatic nitrogens is 4. The summed E-state index contributed by atoms with van der Waals surface area (Å²) < 4.78 is 3.01. The van der Waals surface area contributed by atoms with E-state index in [-0.39, 0.29) is 23.2 Å². The van der Waals surface area contributed by atoms with Gasteiger partial charge in [-0.25, -0.2) is 4.98 Å². The molecule has 0 fully saturated rings. The predicted molar refractivity (Wildman–Crippen MR) is 111 cm³/mol. The highest BCUT2D eigenvalue weighted by Gasteiger charge is 2.16. The molecule has 0 saturated heterocycles. The molecule has 150 valence electrons. The lowest BCUT2D eigenvalue weighted by Crippen LogP contribution is -2.41. The normalized spacial score (nSPS) is 11.7. The van der Waals surface area contributed by atoms with Crippen molar-refractivity contribution >= 4 is 28.8 Å². The molecule has 1 aromatic carbocycles. The number of benzene rings is 1. The number of amides is 1. The largest absolute Gasteiger partial charge is 0.305 e. The fourth-order valence-electron chi connectivity index (χ4n) is 3.49. The Labute approximate surface area is 171 Å². The summed E-state index contributed by atoms with van der Waals surface area (Å²) in [6.07, 6.45) is 1.39. The lowest BCUT2D eigenvalue weighted by molar-refractivity contribution is -0.122. The maximum absolute atomic E-state index is 13.1. The molecule has 9 nitrogen and oxygen atoms in total. The van der Waals surface area contributed by atoms with E-state index in [2.05, 4.69) is 27.0 Å². The van der Waals surface area contributed by atoms with Gasteiger partial charge in [-0.15, -0.1) is 0 Å². The fourth-order valence-corrected chi connectivity index (χ4v) is 3.49. The van der Waals surface area contributed by atoms with Crippen LogP contribution in [0.5, 0.6) is 0 Å². The number of nitrogens with one attached hydrogen (secondary N) is 2. The minimum atomic E-state index is -0.324. The molecule has 0 atom stereocenters. The highest BCUT2D eigenvalue weighted by Crippen LogP contribution is 2.17. The molecule has 0 aliphatic rings. The SMILES string of the molecule is Cc1cc(C)n(CC(=O)NNC=c2c(C)c(C#N)c3nc4ccccc4n3c2=O)n1. The number of hydrogen-bond acceptors (Lipinski definition) is 6. The molecule has 0 aliphatic carbocycles. The molecular weight excluding hydrogens is 382 g/mol. The summed E-state index contributed by atoms with van der Waals surface area (Å²) >= 11 is 0. The minimum Gasteiger partial charge on any atom is -0.305 e. The van der Waals surface area contributed by atoms with Crippen molar-refractivity contribution in [1.29, 1.82) is 5.26 Å². The molecule has 9 heteroatoms. The highest BCUT2D eigenvalue weighted by atomic mass is 16.2. The van der Waals surface area contributed by atoms with E-state index in [9.17, 15) is 14.9 Å². The maximum Gasteiger partial charge on any atom is 0.265 e. The van der Waals surface area contributed by atoms with Gasteiger partial charge in [0, 0.05) is 11.9 Å². The van der Waals surface area contributed by atoms with Crippen LogP contribution in [0.25, 0.3) is 22.9 Å². The average Bonchev–Trinajstić information content (AvgIpc) is 3.24. The van der Waals surface area contributed by atoms with Gasteiger partial charge in [0.05, 0.1) is 27.5 Å². The van der Waals surface area contributed by atoms with Gasteiger partial charge in [0.15, 0.2) is 5.65 Å². The molecule has 30 heavy (non-hydrogen) atoms. The Morgan fingerprint density at radius 3 is 2.73 bits per heavy atom. The van der Waals surface area contributed by atoms with Crippen molar-refractivity contribution in [3.8, 4) is 6.07 Å². The van der Waals surface area contributed by atoms with Gasteiger partial charge in [0.1, 0.15) is 12.6 Å². The van der Waals surface area contributed by atoms with E-state index in [1.807, 2.05) is 32.0 Å². The number of rotatable bonds is 4. The lowest BCUT2D eigenvalue weighted by atomic mass is 10.1. The number of imidazole rings is 1. The molecule has 4 aromatic rings. The third kappa shape index (κ3) is 3.14. The summed E-state index contributed by atoms with van der Waals surface area (Å²) in [4.78, 5) is 29.8. The average molecular weight is 401 g/mol. The zero-order valence-electron chi connectivity index (χ0n) is 16.7. The van der Waals surface area contributed by atoms with Crippen molar-refractivity contribution < 1.29 is 4.79 Å². The van der Waals surface area contributed by atoms with E-state index in [1.165, 1.54) is 10.6 Å². The van der Waals surface area contributed by atoms with Gasteiger partial charge in [-0.2, -0.15) is 10.4 Å². The van der Waals surface area contributed by atoms with Crippen LogP contribution in [0.15, 0.2) is 35.1 Å². The van der Waals surface area contributed by atoms with Gasteiger partial charge in [-0.3, -0.25) is 24.1 Å². The predicted octanol–water partition coefficient (Wildman–Crippen LogP) is 0.619. The third-order valence-corrected chi connectivity index (χ3v) is 4.93. The van der Waals surface area contributed by atoms with Crippen LogP contribution in [0.4, 0.5) is 0 Å². The molecule has 4 rings (SSSR count). The number of aryl methyl sites for hydroxylation is 2. The summed E-state index contributed by atoms with van der Waals surface area (Å²) in [5.41, 5.74) is 8.98. The Hall–Kier alpha value is -4.19. The zero-order chi connectivity index (χ0) is 21.4. The quantitative estimate of drug-likeness (QED) is 0.484. The van der Waals surface area contributed by atoms with Crippen molar-refractivity contribution in [2.75, 3.05) is 0 Å². The second-order valence-corrected chi connectivity index (χ2v) is 7.01. The number of fused-ring (bicyclic) bond motifs is 3. The van der Waals surface area contributed by atoms with Crippen LogP contribution in [-0.2, 0) is 11.3 Å². The fraction of sp³-hybridized carbons (Fsp3) is 0.190. The topological polar surface area (TPSA) is 117 Å². The standard InChI is InChI=1S/C21H19N7O2/c1-12-8-13(2)27(26-12)11-19(29)25-23-10-16-14(3)15(9-22)20-24-17-6-4-5-7-18(17)28(20)21(16)30/h4-8,10,23H,11H2,1-3H3,(H,25,29). The van der Waals surface area contributed by atoms with Crippen LogP contribution in [0, 0.1) is 32.1 Å². The molecule has 0 unspecified atom stereocenters. The van der Waals surface area contributed by atoms with Crippen molar-refractivity contribution in [2.45, 2.75) is 27.3 Å². The first kappa shape index (κ1) is 19.1. The van der Waals surface area contributed by atoms with Gasteiger partial charge in [-0.05, 0) is 44.5 Å². The summed E-state index contributed by atoms with van der Waals surface area (Å²) in [6.45, 7) is 5.45. The molecule has 0 radical (unpaired) electrons. The number of hydrogen-bond donors (Lipinski definition) is 2. The Balaban J connectivity index is 1.70. The second kappa shape index (κ2) is 7.33. The number of pyridine rings is 1. The van der Waals surface area contributed by atoms with Crippen molar-refractivity contribution in [2.24, 2.45) is 0 Å². The first-order chi connectivity index (χ1) is 14.4. The molecule has 1 amide bonds. The van der Waals surface area contributed by atoms with E-state index >= 15 is 0 Å². The molecule has 3 aromatic heterocycles. The Morgan fingerprint density at radius 2 is 2.03 bits per heavy atom. The molecular formula is C21H19N7O2. The highest BCUT2D eigenvalue weighted by molar-refractivity contribution is 5.82. The van der Waals surface area contributed by atoms with Crippen molar-refractivity contribution in [1.82, 2.24) is 30.0 Å². The second-order valence-electron chi connectivity index (χ2n) is 7.01. The first-order valence-corrected chi connectivity index (χ1v) is 9.30. The Kier molecular flexibility index (Phi) is 4.68. The molecule has 0 saturated carbocycles. The van der Waals surface area contributed by atoms with Gasteiger partial charge < -0.3 is 5.43 Å². The van der Waals surface area contributed by atoms with Gasteiger partial charge in [0.25, 0.3) is 11.5 Å². The molecule has 3 heterocycles. The van der Waals surface area contributed by atoms with E-state index in [0.717, 1.165) is 11.4 Å². The van der Waals surface area contributed by atoms with E-state index in [1.54, 1.807) is 23.7 Å². The zero-order valence-corrected chi connectivity index (χ0v) is 16.7. The Morgan fingerprint density at radius 1 is 1.27 bits per heavy atom. The third-order valence-electron chi connectivity index (χ3n) is 4.93. The summed E-state index contributed by atoms with van der Waals surface area (Å²) in [5, 5.41) is 14.2. The van der Waals surface area contributed by atoms with Crippen molar-refractivity contribution in [3.63, 3.8) is 0 Å². The Bertz CT molecular complexity index is 1460. The smallest absolute Gasteiger partial charge is 0.265 e. The first-order valence-electron chi connectivity index (χ1n) is 9.30. The van der Waals surface area contributed by atoms with Crippen LogP contribution in [-0.4, -0.2) is 25.1 Å². The monoisotopic (exact) mass is 401 g/mol. The van der Waals surface area contributed by atoms with Gasteiger partial charge in [-0.1, -0.05) is 12.1 Å². The number of para-hydroxylation sites is 2. The van der Waals surface area contributed by atoms with Crippen LogP contribution >= 0.6 is 0 Å². The van der Waals surface area contributed by atoms with E-state index in [4.69, 9.17) is 0 Å². The molecule has 2 N–H and O–H groups in total. The number of nitrogens with zero attached hydrogens (tertiary/aromatic N) is 5. The summed E-state index contributed by atoms with van der Waals surface area (Å²) in [6, 6.07) is 11.2. The number of nitriles is 1. The number of carbonyl (C=O) groups is 1. The van der Waals surface area contributed by atoms with E-state index < -0.39 is 0 Å². The van der Waals surface area contributed by atoms with Crippen LogP contribution in [0.1, 0.15) is 22.5 Å². The van der Waals surface area contributed by atoms with Gasteiger partial charge >= 0.3 is 0 Å². The minimum absolute atomic E-state index is 0.0400. The molecule has 0 bridgehead atoms. The van der Waals surface area contributed by atoms with Crippen LogP contribution in [0.2, 0.25) is 0 Å². The molecule has 0 spiro atoms.